The Bertz CT molecular complexity index is 526. The molecule has 2 unspecified atom stereocenters. The zero-order chi connectivity index (χ0) is 15.0. The van der Waals surface area contributed by atoms with Crippen molar-refractivity contribution < 1.29 is 5.11 Å². The predicted molar refractivity (Wildman–Crippen MR) is 84.7 cm³/mol. The lowest BCUT2D eigenvalue weighted by molar-refractivity contribution is 0.0837. The van der Waals surface area contributed by atoms with E-state index in [9.17, 15) is 10.3 Å². The number of aromatic nitrogens is 1. The molecule has 0 bridgehead atoms. The molecule has 2 rings (SSSR count). The molecule has 0 spiro atoms. The molecule has 0 amide bonds. The van der Waals surface area contributed by atoms with Crippen molar-refractivity contribution in [1.29, 1.82) is 0 Å². The highest BCUT2D eigenvalue weighted by Gasteiger charge is 2.48. The SMILES string of the molecule is C#CC(CC)(CC)N1CC(O)[N+]([O-])(c2ncc(Br)s2)C1. The minimum atomic E-state index is -1.06. The molecule has 110 valence electrons. The van der Waals surface area contributed by atoms with Crippen LogP contribution in [-0.4, -0.2) is 40.0 Å². The Morgan fingerprint density at radius 2 is 2.35 bits per heavy atom. The second kappa shape index (κ2) is 5.72. The Morgan fingerprint density at radius 1 is 1.70 bits per heavy atom. The van der Waals surface area contributed by atoms with Crippen LogP contribution >= 0.6 is 27.3 Å². The van der Waals surface area contributed by atoms with E-state index < -0.39 is 16.4 Å². The summed E-state index contributed by atoms with van der Waals surface area (Å²) in [6, 6.07) is 0. The minimum absolute atomic E-state index is 0.132. The number of halogens is 1. The summed E-state index contributed by atoms with van der Waals surface area (Å²) in [7, 11) is 0. The molecular weight excluding hydrogens is 342 g/mol. The minimum Gasteiger partial charge on any atom is -0.623 e. The van der Waals surface area contributed by atoms with E-state index in [1.54, 1.807) is 6.20 Å². The second-order valence-corrected chi connectivity index (χ2v) is 7.36. The van der Waals surface area contributed by atoms with Gasteiger partial charge < -0.3 is 10.3 Å². The number of β-amino-alcohol motifs (C(OH)–C–C–N with tert-alkyl or cyclic N) is 1. The van der Waals surface area contributed by atoms with Crippen molar-refractivity contribution in [2.24, 2.45) is 0 Å². The molecule has 20 heavy (non-hydrogen) atoms. The number of terminal acetylenes is 1. The van der Waals surface area contributed by atoms with Crippen LogP contribution in [0.15, 0.2) is 9.98 Å². The highest BCUT2D eigenvalue weighted by atomic mass is 79.9. The number of thiazole rings is 1. The van der Waals surface area contributed by atoms with E-state index in [4.69, 9.17) is 6.42 Å². The van der Waals surface area contributed by atoms with Crippen LogP contribution in [0.3, 0.4) is 0 Å². The number of rotatable bonds is 4. The summed E-state index contributed by atoms with van der Waals surface area (Å²) in [4.78, 5) is 6.02. The fourth-order valence-electron chi connectivity index (χ4n) is 2.65. The van der Waals surface area contributed by atoms with E-state index in [1.807, 2.05) is 18.7 Å². The van der Waals surface area contributed by atoms with Crippen LogP contribution in [0.5, 0.6) is 0 Å². The van der Waals surface area contributed by atoms with E-state index in [0.717, 1.165) is 16.6 Å². The molecular formula is C13H18BrN3O2S. The summed E-state index contributed by atoms with van der Waals surface area (Å²) in [5, 5.41) is 23.5. The third-order valence-corrected chi connectivity index (χ3v) is 5.67. The maximum absolute atomic E-state index is 13.0. The first-order valence-corrected chi connectivity index (χ1v) is 8.14. The monoisotopic (exact) mass is 359 g/mol. The molecule has 1 fully saturated rings. The van der Waals surface area contributed by atoms with Gasteiger partial charge in [-0.15, -0.1) is 6.42 Å². The number of hydrogen-bond donors (Lipinski definition) is 1. The lowest BCUT2D eigenvalue weighted by atomic mass is 9.92. The molecule has 1 aliphatic rings. The number of aliphatic hydroxyl groups excluding tert-OH is 1. The van der Waals surface area contributed by atoms with Gasteiger partial charge in [0.15, 0.2) is 0 Å². The quantitative estimate of drug-likeness (QED) is 0.509. The van der Waals surface area contributed by atoms with Crippen LogP contribution in [0, 0.1) is 17.6 Å². The summed E-state index contributed by atoms with van der Waals surface area (Å²) in [6.45, 7) is 4.42. The first-order chi connectivity index (χ1) is 9.41. The largest absolute Gasteiger partial charge is 0.623 e. The first-order valence-electron chi connectivity index (χ1n) is 6.53. The molecule has 1 aliphatic heterocycles. The lowest BCUT2D eigenvalue weighted by Gasteiger charge is -2.39. The van der Waals surface area contributed by atoms with Crippen molar-refractivity contribution >= 4 is 32.4 Å². The molecule has 1 aromatic heterocycles. The molecule has 0 radical (unpaired) electrons. The fraction of sp³-hybridized carbons (Fsp3) is 0.615. The van der Waals surface area contributed by atoms with Crippen LogP contribution in [0.25, 0.3) is 0 Å². The number of nitrogens with zero attached hydrogens (tertiary/aromatic N) is 3. The zero-order valence-electron chi connectivity index (χ0n) is 11.5. The third kappa shape index (κ3) is 2.41. The molecule has 0 aromatic carbocycles. The molecule has 0 aliphatic carbocycles. The van der Waals surface area contributed by atoms with E-state index in [0.29, 0.717) is 5.13 Å². The fourth-order valence-corrected chi connectivity index (χ4v) is 3.90. The first kappa shape index (κ1) is 15.9. The van der Waals surface area contributed by atoms with E-state index in [1.165, 1.54) is 11.3 Å². The van der Waals surface area contributed by atoms with Crippen LogP contribution in [0.2, 0.25) is 0 Å². The maximum atomic E-state index is 13.0. The summed E-state index contributed by atoms with van der Waals surface area (Å²) >= 11 is 4.55. The molecule has 2 heterocycles. The van der Waals surface area contributed by atoms with Crippen molar-refractivity contribution in [3.05, 3.63) is 15.2 Å². The Kier molecular flexibility index (Phi) is 4.54. The van der Waals surface area contributed by atoms with Gasteiger partial charge in [0.2, 0.25) is 6.23 Å². The van der Waals surface area contributed by atoms with Gasteiger partial charge in [-0.1, -0.05) is 19.8 Å². The van der Waals surface area contributed by atoms with E-state index >= 15 is 0 Å². The van der Waals surface area contributed by atoms with Gasteiger partial charge in [-0.3, -0.25) is 4.65 Å². The van der Waals surface area contributed by atoms with Crippen molar-refractivity contribution in [2.45, 2.75) is 38.5 Å². The highest BCUT2D eigenvalue weighted by molar-refractivity contribution is 9.11. The van der Waals surface area contributed by atoms with Crippen LogP contribution in [0.4, 0.5) is 5.13 Å². The third-order valence-electron chi connectivity index (χ3n) is 4.08. The van der Waals surface area contributed by atoms with Gasteiger partial charge in [0.05, 0.1) is 22.1 Å². The van der Waals surface area contributed by atoms with E-state index in [2.05, 4.69) is 26.8 Å². The topological polar surface area (TPSA) is 59.4 Å². The van der Waals surface area contributed by atoms with Gasteiger partial charge >= 0.3 is 0 Å². The van der Waals surface area contributed by atoms with Crippen LogP contribution in [0.1, 0.15) is 26.7 Å². The smallest absolute Gasteiger partial charge is 0.290 e. The van der Waals surface area contributed by atoms with Gasteiger partial charge in [0, 0.05) is 0 Å². The van der Waals surface area contributed by atoms with Crippen LogP contribution < -0.4 is 4.65 Å². The van der Waals surface area contributed by atoms with Crippen molar-refractivity contribution in [2.75, 3.05) is 13.2 Å². The predicted octanol–water partition coefficient (Wildman–Crippen LogP) is 2.49. The molecule has 7 heteroatoms. The molecule has 1 aromatic rings. The molecule has 1 N–H and O–H groups in total. The summed E-state index contributed by atoms with van der Waals surface area (Å²) in [5.74, 6) is 2.81. The van der Waals surface area contributed by atoms with Crippen molar-refractivity contribution in [3.63, 3.8) is 0 Å². The van der Waals surface area contributed by atoms with Crippen molar-refractivity contribution in [1.82, 2.24) is 14.5 Å². The summed E-state index contributed by atoms with van der Waals surface area (Å²) < 4.78 is -0.0691. The average molecular weight is 360 g/mol. The van der Waals surface area contributed by atoms with Crippen LogP contribution in [-0.2, 0) is 0 Å². The number of hydrogen-bond acceptors (Lipinski definition) is 5. The molecule has 2 atom stereocenters. The van der Waals surface area contributed by atoms with Crippen molar-refractivity contribution in [3.8, 4) is 12.3 Å². The summed E-state index contributed by atoms with van der Waals surface area (Å²) in [5.41, 5.74) is -0.472. The second-order valence-electron chi connectivity index (χ2n) is 4.97. The Morgan fingerprint density at radius 3 is 2.80 bits per heavy atom. The number of quaternary nitrogens is 1. The van der Waals surface area contributed by atoms with Gasteiger partial charge in [0.25, 0.3) is 5.13 Å². The average Bonchev–Trinajstić information content (AvgIpc) is 2.99. The molecule has 1 saturated heterocycles. The highest BCUT2D eigenvalue weighted by Crippen LogP contribution is 2.38. The Labute approximate surface area is 131 Å². The Balaban J connectivity index is 2.31. The van der Waals surface area contributed by atoms with E-state index in [-0.39, 0.29) is 13.2 Å². The van der Waals surface area contributed by atoms with Gasteiger partial charge in [-0.05, 0) is 40.1 Å². The lowest BCUT2D eigenvalue weighted by Crippen LogP contribution is -2.51. The molecule has 5 nitrogen and oxygen atoms in total. The Hall–Kier alpha value is -0.490. The zero-order valence-corrected chi connectivity index (χ0v) is 13.9. The normalized spacial score (nSPS) is 27.7. The van der Waals surface area contributed by atoms with Gasteiger partial charge in [0.1, 0.15) is 6.67 Å². The number of hydroxylamine groups is 2. The maximum Gasteiger partial charge on any atom is 0.290 e. The number of aliphatic hydroxyl groups is 1. The van der Waals surface area contributed by atoms with Gasteiger partial charge in [-0.25, -0.2) is 4.90 Å². The standard InChI is InChI=1S/C13H18BrN3O2S/c1-4-13(5-2,6-3)16-8-11(18)17(19,9-16)12-15-7-10(14)20-12/h1,7,11,18H,5-6,8-9H2,2-3H3. The van der Waals surface area contributed by atoms with Gasteiger partial charge in [-0.2, -0.15) is 4.98 Å². The molecule has 0 saturated carbocycles. The summed E-state index contributed by atoms with van der Waals surface area (Å²) in [6.07, 6.45) is 7.70.